The number of nitrogens with zero attached hydrogens (tertiary/aromatic N) is 1. The number of benzene rings is 1. The van der Waals surface area contributed by atoms with Crippen molar-refractivity contribution in [2.45, 2.75) is 71.5 Å². The van der Waals surface area contributed by atoms with Gasteiger partial charge in [0.2, 0.25) is 0 Å². The first-order valence-corrected chi connectivity index (χ1v) is 17.4. The Morgan fingerprint density at radius 3 is 2.32 bits per heavy atom. The normalized spacial score (nSPS) is 17.8. The van der Waals surface area contributed by atoms with Crippen LogP contribution in [-0.2, 0) is 9.16 Å². The molecular formula is C25H39NO3Si2. The lowest BCUT2D eigenvalue weighted by Gasteiger charge is -2.38. The Labute approximate surface area is 191 Å². The van der Waals surface area contributed by atoms with Gasteiger partial charge < -0.3 is 9.16 Å². The summed E-state index contributed by atoms with van der Waals surface area (Å²) in [6.45, 7) is 20.8. The summed E-state index contributed by atoms with van der Waals surface area (Å²) in [5.41, 5.74) is 6.52. The summed E-state index contributed by atoms with van der Waals surface area (Å²) >= 11 is 0. The second-order valence-electron chi connectivity index (χ2n) is 10.9. The number of amides is 1. The molecule has 1 aromatic carbocycles. The van der Waals surface area contributed by atoms with Gasteiger partial charge in [-0.2, -0.15) is 0 Å². The van der Waals surface area contributed by atoms with E-state index in [1.165, 1.54) is 12.7 Å². The number of hydrogen-bond acceptors (Lipinski definition) is 3. The van der Waals surface area contributed by atoms with Crippen LogP contribution in [0.5, 0.6) is 0 Å². The van der Waals surface area contributed by atoms with Gasteiger partial charge >= 0.3 is 6.09 Å². The van der Waals surface area contributed by atoms with Gasteiger partial charge in [0, 0.05) is 18.1 Å². The maximum atomic E-state index is 12.7. The van der Waals surface area contributed by atoms with Gasteiger partial charge in [-0.05, 0) is 35.8 Å². The van der Waals surface area contributed by atoms with E-state index in [1.54, 1.807) is 4.90 Å². The zero-order valence-electron chi connectivity index (χ0n) is 20.9. The average Bonchev–Trinajstić information content (AvgIpc) is 2.67. The quantitative estimate of drug-likeness (QED) is 0.379. The van der Waals surface area contributed by atoms with E-state index in [2.05, 4.69) is 84.0 Å². The molecule has 6 heteroatoms. The minimum absolute atomic E-state index is 0.165. The van der Waals surface area contributed by atoms with Gasteiger partial charge in [-0.3, -0.25) is 4.90 Å². The molecule has 1 amide bonds. The fourth-order valence-electron chi connectivity index (χ4n) is 3.19. The Kier molecular flexibility index (Phi) is 7.68. The number of para-hydroxylation sites is 1. The number of anilines is 1. The highest BCUT2D eigenvalue weighted by Crippen LogP contribution is 2.40. The number of rotatable bonds is 4. The number of methoxy groups -OCH3 is 1. The zero-order valence-corrected chi connectivity index (χ0v) is 22.9. The van der Waals surface area contributed by atoms with Crippen LogP contribution in [-0.4, -0.2) is 42.2 Å². The van der Waals surface area contributed by atoms with E-state index in [0.717, 1.165) is 11.3 Å². The number of ether oxygens (including phenoxy) is 1. The third kappa shape index (κ3) is 6.12. The van der Waals surface area contributed by atoms with E-state index in [-0.39, 0.29) is 23.1 Å². The van der Waals surface area contributed by atoms with Crippen LogP contribution in [0, 0.1) is 17.4 Å². The van der Waals surface area contributed by atoms with Crippen molar-refractivity contribution >= 4 is 33.7 Å². The summed E-state index contributed by atoms with van der Waals surface area (Å²) in [5.74, 6) is 3.56. The van der Waals surface area contributed by atoms with Gasteiger partial charge in [-0.25, -0.2) is 4.79 Å². The Hall–Kier alpha value is -1.82. The first-order chi connectivity index (χ1) is 14.2. The van der Waals surface area contributed by atoms with Crippen molar-refractivity contribution in [2.24, 2.45) is 5.92 Å². The largest absolute Gasteiger partial charge is 0.452 e. The van der Waals surface area contributed by atoms with Crippen molar-refractivity contribution < 1.29 is 14.0 Å². The average molecular weight is 458 g/mol. The third-order valence-corrected chi connectivity index (χ3v) is 11.5. The molecular weight excluding hydrogens is 418 g/mol. The second kappa shape index (κ2) is 9.35. The summed E-state index contributed by atoms with van der Waals surface area (Å²) in [6.07, 6.45) is 1.74. The van der Waals surface area contributed by atoms with E-state index in [0.29, 0.717) is 6.61 Å². The molecule has 4 nitrogen and oxygen atoms in total. The fourth-order valence-corrected chi connectivity index (χ4v) is 4.87. The van der Waals surface area contributed by atoms with Crippen molar-refractivity contribution in [3.05, 3.63) is 35.9 Å². The predicted octanol–water partition coefficient (Wildman–Crippen LogP) is 6.56. The highest BCUT2D eigenvalue weighted by Gasteiger charge is 2.38. The number of hydrogen-bond donors (Lipinski definition) is 0. The Bertz CT molecular complexity index is 898. The van der Waals surface area contributed by atoms with E-state index in [1.807, 2.05) is 18.2 Å². The molecule has 0 radical (unpaired) electrons. The van der Waals surface area contributed by atoms with Gasteiger partial charge in [-0.1, -0.05) is 71.5 Å². The minimum atomic E-state index is -1.85. The molecule has 0 N–H and O–H groups in total. The molecule has 2 atom stereocenters. The first kappa shape index (κ1) is 25.4. The van der Waals surface area contributed by atoms with Crippen LogP contribution in [0.15, 0.2) is 30.3 Å². The van der Waals surface area contributed by atoms with E-state index >= 15 is 0 Å². The molecule has 0 unspecified atom stereocenters. The lowest BCUT2D eigenvalue weighted by molar-refractivity contribution is 0.178. The maximum absolute atomic E-state index is 12.7. The second-order valence-corrected chi connectivity index (χ2v) is 20.5. The molecule has 2 rings (SSSR count). The minimum Gasteiger partial charge on any atom is -0.452 e. The predicted molar refractivity (Wildman–Crippen MR) is 137 cm³/mol. The van der Waals surface area contributed by atoms with Gasteiger partial charge in [0.1, 0.15) is 14.1 Å². The monoisotopic (exact) mass is 457 g/mol. The Morgan fingerprint density at radius 2 is 1.77 bits per heavy atom. The van der Waals surface area contributed by atoms with Gasteiger partial charge in [0.15, 0.2) is 8.32 Å². The van der Waals surface area contributed by atoms with Crippen molar-refractivity contribution in [3.8, 4) is 11.5 Å². The summed E-state index contributed by atoms with van der Waals surface area (Å²) in [5, 5.41) is 0.165. The van der Waals surface area contributed by atoms with Crippen LogP contribution in [0.25, 0.3) is 5.57 Å². The van der Waals surface area contributed by atoms with Crippen LogP contribution >= 0.6 is 0 Å². The molecule has 170 valence electrons. The topological polar surface area (TPSA) is 38.8 Å². The molecule has 0 aromatic heterocycles. The Balaban J connectivity index is 2.48. The number of carbonyl (C=O) groups excluding carboxylic acids is 1. The van der Waals surface area contributed by atoms with E-state index in [4.69, 9.17) is 9.16 Å². The van der Waals surface area contributed by atoms with Crippen LogP contribution in [0.4, 0.5) is 10.5 Å². The van der Waals surface area contributed by atoms with E-state index in [9.17, 15) is 4.79 Å². The number of fused-ring (bicyclic) bond motifs is 1. The van der Waals surface area contributed by atoms with Gasteiger partial charge in [0.25, 0.3) is 0 Å². The third-order valence-electron chi connectivity index (χ3n) is 6.09. The Morgan fingerprint density at radius 1 is 1.16 bits per heavy atom. The highest BCUT2D eigenvalue weighted by atomic mass is 28.4. The molecule has 0 saturated heterocycles. The van der Waals surface area contributed by atoms with Gasteiger partial charge in [-0.15, -0.1) is 5.54 Å². The lowest BCUT2D eigenvalue weighted by atomic mass is 9.88. The molecule has 1 aliphatic rings. The maximum Gasteiger partial charge on any atom is 0.415 e. The molecule has 1 heterocycles. The smallest absolute Gasteiger partial charge is 0.415 e. The van der Waals surface area contributed by atoms with Crippen molar-refractivity contribution in [2.75, 3.05) is 18.6 Å². The highest BCUT2D eigenvalue weighted by molar-refractivity contribution is 6.83. The molecule has 0 fully saturated rings. The summed E-state index contributed by atoms with van der Waals surface area (Å²) in [4.78, 5) is 14.4. The van der Waals surface area contributed by atoms with Crippen LogP contribution in [0.1, 0.15) is 33.3 Å². The zero-order chi connectivity index (χ0) is 23.6. The fraction of sp³-hybridized carbons (Fsp3) is 0.560. The number of carbonyl (C=O) groups is 1. The molecule has 31 heavy (non-hydrogen) atoms. The molecule has 0 saturated carbocycles. The standard InChI is InChI=1S/C25H39NO3Si2/c1-19(18-29-31(9,10)25(2,3)4)22-17-20(15-16-30(6,7)8)26(24(27)28-5)23-14-12-11-13-21(22)23/h11-14,17,19-20H,18H2,1-10H3/t19-,20-/m0/s1. The summed E-state index contributed by atoms with van der Waals surface area (Å²) in [7, 11) is -2.04. The molecule has 0 bridgehead atoms. The van der Waals surface area contributed by atoms with Crippen LogP contribution < -0.4 is 4.90 Å². The SMILES string of the molecule is COC(=O)N1c2ccccc2C([C@@H](C)CO[Si](C)(C)C(C)(C)C)=C[C@@H]1C#C[Si](C)(C)C. The molecule has 1 aliphatic heterocycles. The molecule has 0 aliphatic carbocycles. The van der Waals surface area contributed by atoms with Crippen LogP contribution in [0.2, 0.25) is 37.8 Å². The lowest BCUT2D eigenvalue weighted by Crippen LogP contribution is -2.43. The molecule has 0 spiro atoms. The summed E-state index contributed by atoms with van der Waals surface area (Å²) < 4.78 is 11.6. The van der Waals surface area contributed by atoms with Crippen LogP contribution in [0.3, 0.4) is 0 Å². The van der Waals surface area contributed by atoms with Crippen molar-refractivity contribution in [3.63, 3.8) is 0 Å². The first-order valence-electron chi connectivity index (χ1n) is 11.0. The molecule has 1 aromatic rings. The summed E-state index contributed by atoms with van der Waals surface area (Å²) in [6, 6.07) is 7.67. The van der Waals surface area contributed by atoms with Crippen molar-refractivity contribution in [1.82, 2.24) is 0 Å². The van der Waals surface area contributed by atoms with E-state index < -0.39 is 16.4 Å². The van der Waals surface area contributed by atoms with Crippen molar-refractivity contribution in [1.29, 1.82) is 0 Å². The van der Waals surface area contributed by atoms with Gasteiger partial charge in [0.05, 0.1) is 12.8 Å².